The summed E-state index contributed by atoms with van der Waals surface area (Å²) in [5.74, 6) is -0.560. The summed E-state index contributed by atoms with van der Waals surface area (Å²) in [6.45, 7) is 0. The summed E-state index contributed by atoms with van der Waals surface area (Å²) in [7, 11) is 1.42. The first-order valence-corrected chi connectivity index (χ1v) is 4.67. The van der Waals surface area contributed by atoms with Crippen LogP contribution in [-0.4, -0.2) is 28.9 Å². The molecule has 0 bridgehead atoms. The minimum atomic E-state index is -0.363. The highest BCUT2D eigenvalue weighted by atomic mass is 16.3. The van der Waals surface area contributed by atoms with Gasteiger partial charge in [0.05, 0.1) is 0 Å². The van der Waals surface area contributed by atoms with Crippen LogP contribution in [0.5, 0.6) is 5.75 Å². The number of likely N-dealkylation sites (N-methyl/N-ethyl adjacent to an activating group) is 1. The maximum absolute atomic E-state index is 11.5. The normalized spacial score (nSPS) is 15.3. The molecule has 0 fully saturated rings. The number of rotatable bonds is 2. The Morgan fingerprint density at radius 1 is 1.19 bits per heavy atom. The first-order valence-electron chi connectivity index (χ1n) is 4.67. The van der Waals surface area contributed by atoms with Crippen LogP contribution < -0.4 is 5.32 Å². The predicted octanol–water partition coefficient (Wildman–Crippen LogP) is 0.687. The lowest BCUT2D eigenvalue weighted by Crippen LogP contribution is -2.27. The van der Waals surface area contributed by atoms with Gasteiger partial charge in [0.1, 0.15) is 11.4 Å². The number of imide groups is 1. The van der Waals surface area contributed by atoms with E-state index >= 15 is 0 Å². The number of anilines is 1. The number of nitrogens with one attached hydrogen (secondary N) is 1. The third-order valence-electron chi connectivity index (χ3n) is 2.28. The molecule has 2 amide bonds. The first kappa shape index (κ1) is 10.2. The molecular formula is C11H10N2O3. The molecule has 0 saturated heterocycles. The number of amides is 2. The molecule has 82 valence electrons. The van der Waals surface area contributed by atoms with Gasteiger partial charge in [-0.05, 0) is 24.3 Å². The van der Waals surface area contributed by atoms with Crippen molar-refractivity contribution in [3.05, 3.63) is 36.0 Å². The predicted molar refractivity (Wildman–Crippen MR) is 57.6 cm³/mol. The molecule has 0 saturated carbocycles. The highest BCUT2D eigenvalue weighted by Crippen LogP contribution is 2.18. The minimum absolute atomic E-state index is 0.144. The largest absolute Gasteiger partial charge is 0.508 e. The highest BCUT2D eigenvalue weighted by molar-refractivity contribution is 6.17. The van der Waals surface area contributed by atoms with Crippen molar-refractivity contribution in [3.63, 3.8) is 0 Å². The van der Waals surface area contributed by atoms with Crippen molar-refractivity contribution in [1.29, 1.82) is 0 Å². The van der Waals surface area contributed by atoms with E-state index in [-0.39, 0.29) is 23.3 Å². The molecule has 2 rings (SSSR count). The Hall–Kier alpha value is -2.30. The monoisotopic (exact) mass is 218 g/mol. The number of carbonyl (C=O) groups excluding carboxylic acids is 2. The molecule has 1 aliphatic rings. The van der Waals surface area contributed by atoms with Gasteiger partial charge in [-0.1, -0.05) is 0 Å². The number of phenols is 1. The molecule has 1 aliphatic heterocycles. The molecule has 0 unspecified atom stereocenters. The molecule has 1 aromatic rings. The molecule has 5 heteroatoms. The van der Waals surface area contributed by atoms with Crippen molar-refractivity contribution >= 4 is 17.5 Å². The zero-order valence-corrected chi connectivity index (χ0v) is 8.60. The van der Waals surface area contributed by atoms with Crippen LogP contribution in [0.4, 0.5) is 5.69 Å². The maximum Gasteiger partial charge on any atom is 0.277 e. The fourth-order valence-electron chi connectivity index (χ4n) is 1.35. The molecule has 5 nitrogen and oxygen atoms in total. The molecule has 0 atom stereocenters. The van der Waals surface area contributed by atoms with Gasteiger partial charge in [0.15, 0.2) is 0 Å². The molecule has 16 heavy (non-hydrogen) atoms. The molecule has 0 radical (unpaired) electrons. The van der Waals surface area contributed by atoms with Crippen LogP contribution in [0.15, 0.2) is 36.0 Å². The van der Waals surface area contributed by atoms with E-state index in [0.717, 1.165) is 4.90 Å². The Kier molecular flexibility index (Phi) is 2.36. The number of hydrogen-bond acceptors (Lipinski definition) is 4. The first-order chi connectivity index (χ1) is 7.58. The maximum atomic E-state index is 11.5. The van der Waals surface area contributed by atoms with Crippen LogP contribution in [-0.2, 0) is 9.59 Å². The van der Waals surface area contributed by atoms with E-state index in [1.165, 1.54) is 25.3 Å². The number of aromatic hydroxyl groups is 1. The molecule has 0 aliphatic carbocycles. The van der Waals surface area contributed by atoms with Crippen LogP contribution in [0.25, 0.3) is 0 Å². The summed E-state index contributed by atoms with van der Waals surface area (Å²) in [6, 6.07) is 6.22. The van der Waals surface area contributed by atoms with Gasteiger partial charge < -0.3 is 10.4 Å². The van der Waals surface area contributed by atoms with Gasteiger partial charge in [-0.3, -0.25) is 14.5 Å². The van der Waals surface area contributed by atoms with Gasteiger partial charge in [0.2, 0.25) is 0 Å². The zero-order chi connectivity index (χ0) is 11.7. The van der Waals surface area contributed by atoms with E-state index in [2.05, 4.69) is 5.32 Å². The van der Waals surface area contributed by atoms with Crippen LogP contribution >= 0.6 is 0 Å². The van der Waals surface area contributed by atoms with Gasteiger partial charge in [0.25, 0.3) is 11.8 Å². The quantitative estimate of drug-likeness (QED) is 0.566. The van der Waals surface area contributed by atoms with Gasteiger partial charge in [-0.15, -0.1) is 0 Å². The fourth-order valence-corrected chi connectivity index (χ4v) is 1.35. The second-order valence-electron chi connectivity index (χ2n) is 3.43. The lowest BCUT2D eigenvalue weighted by atomic mass is 10.3. The summed E-state index contributed by atoms with van der Waals surface area (Å²) < 4.78 is 0. The molecule has 0 aromatic heterocycles. The van der Waals surface area contributed by atoms with Crippen LogP contribution in [0, 0.1) is 0 Å². The van der Waals surface area contributed by atoms with Crippen LogP contribution in [0.2, 0.25) is 0 Å². The van der Waals surface area contributed by atoms with E-state index in [1.807, 2.05) is 0 Å². The zero-order valence-electron chi connectivity index (χ0n) is 8.60. The van der Waals surface area contributed by atoms with Crippen molar-refractivity contribution in [2.75, 3.05) is 12.4 Å². The van der Waals surface area contributed by atoms with Crippen molar-refractivity contribution in [2.45, 2.75) is 0 Å². The lowest BCUT2D eigenvalue weighted by Gasteiger charge is -2.08. The number of benzene rings is 1. The van der Waals surface area contributed by atoms with Crippen LogP contribution in [0.1, 0.15) is 0 Å². The summed E-state index contributed by atoms with van der Waals surface area (Å²) in [4.78, 5) is 23.7. The summed E-state index contributed by atoms with van der Waals surface area (Å²) in [5.41, 5.74) is 0.874. The van der Waals surface area contributed by atoms with E-state index in [1.54, 1.807) is 12.1 Å². The Bertz CT molecular complexity index is 477. The Morgan fingerprint density at radius 2 is 1.81 bits per heavy atom. The molecule has 1 aromatic carbocycles. The van der Waals surface area contributed by atoms with Gasteiger partial charge >= 0.3 is 0 Å². The number of carbonyl (C=O) groups is 2. The molecule has 0 spiro atoms. The Balaban J connectivity index is 2.17. The average Bonchev–Trinajstić information content (AvgIpc) is 2.50. The Morgan fingerprint density at radius 3 is 2.31 bits per heavy atom. The Labute approximate surface area is 92.0 Å². The minimum Gasteiger partial charge on any atom is -0.508 e. The summed E-state index contributed by atoms with van der Waals surface area (Å²) >= 11 is 0. The summed E-state index contributed by atoms with van der Waals surface area (Å²) in [5, 5.41) is 11.9. The van der Waals surface area contributed by atoms with Crippen molar-refractivity contribution in [3.8, 4) is 5.75 Å². The molecule has 2 N–H and O–H groups in total. The second-order valence-corrected chi connectivity index (χ2v) is 3.43. The number of hydrogen-bond donors (Lipinski definition) is 2. The van der Waals surface area contributed by atoms with E-state index in [0.29, 0.717) is 5.69 Å². The summed E-state index contributed by atoms with van der Waals surface area (Å²) in [6.07, 6.45) is 1.25. The van der Waals surface area contributed by atoms with Crippen molar-refractivity contribution < 1.29 is 14.7 Å². The van der Waals surface area contributed by atoms with Crippen LogP contribution in [0.3, 0.4) is 0 Å². The van der Waals surface area contributed by atoms with E-state index in [9.17, 15) is 9.59 Å². The standard InChI is InChI=1S/C11H10N2O3/c1-13-10(15)6-9(11(13)16)12-7-2-4-8(14)5-3-7/h2-6,12,14H,1H3. The number of nitrogens with zero attached hydrogens (tertiary/aromatic N) is 1. The molecular weight excluding hydrogens is 208 g/mol. The fraction of sp³-hybridized carbons (Fsp3) is 0.0909. The van der Waals surface area contributed by atoms with Crippen molar-refractivity contribution in [1.82, 2.24) is 4.90 Å². The SMILES string of the molecule is CN1C(=O)C=C(Nc2ccc(O)cc2)C1=O. The highest BCUT2D eigenvalue weighted by Gasteiger charge is 2.27. The third kappa shape index (κ3) is 1.75. The topological polar surface area (TPSA) is 69.6 Å². The van der Waals surface area contributed by atoms with E-state index in [4.69, 9.17) is 5.11 Å². The van der Waals surface area contributed by atoms with Gasteiger partial charge in [-0.25, -0.2) is 0 Å². The van der Waals surface area contributed by atoms with E-state index < -0.39 is 0 Å². The molecule has 1 heterocycles. The smallest absolute Gasteiger partial charge is 0.277 e. The second kappa shape index (κ2) is 3.69. The number of phenolic OH excluding ortho intramolecular Hbond substituents is 1. The average molecular weight is 218 g/mol. The lowest BCUT2D eigenvalue weighted by molar-refractivity contribution is -0.135. The van der Waals surface area contributed by atoms with Crippen molar-refractivity contribution in [2.24, 2.45) is 0 Å². The third-order valence-corrected chi connectivity index (χ3v) is 2.28. The van der Waals surface area contributed by atoms with Gasteiger partial charge in [-0.2, -0.15) is 0 Å². The van der Waals surface area contributed by atoms with Gasteiger partial charge in [0, 0.05) is 18.8 Å².